The van der Waals surface area contributed by atoms with E-state index in [1.54, 1.807) is 0 Å². The molecular formula is C23H30O. The molecule has 0 aromatic heterocycles. The van der Waals surface area contributed by atoms with Crippen LogP contribution in [-0.4, -0.2) is 5.78 Å². The Bertz CT molecular complexity index is 700. The van der Waals surface area contributed by atoms with Crippen molar-refractivity contribution in [3.05, 3.63) is 63.8 Å². The van der Waals surface area contributed by atoms with Gasteiger partial charge in [-0.25, -0.2) is 0 Å². The van der Waals surface area contributed by atoms with Crippen LogP contribution in [0.4, 0.5) is 0 Å². The summed E-state index contributed by atoms with van der Waals surface area (Å²) in [7, 11) is 0. The molecule has 1 aliphatic rings. The molecule has 0 aliphatic heterocycles. The van der Waals surface area contributed by atoms with Crippen LogP contribution in [0.5, 0.6) is 0 Å². The van der Waals surface area contributed by atoms with Crippen molar-refractivity contribution in [1.82, 2.24) is 0 Å². The van der Waals surface area contributed by atoms with Crippen LogP contribution in [0.2, 0.25) is 0 Å². The van der Waals surface area contributed by atoms with Gasteiger partial charge in [-0.1, -0.05) is 70.9 Å². The van der Waals surface area contributed by atoms with E-state index in [1.807, 2.05) is 0 Å². The first-order valence-corrected chi connectivity index (χ1v) is 8.67. The minimum atomic E-state index is -0.163. The van der Waals surface area contributed by atoms with Gasteiger partial charge in [0.25, 0.3) is 0 Å². The van der Waals surface area contributed by atoms with Crippen LogP contribution in [0.3, 0.4) is 0 Å². The predicted molar refractivity (Wildman–Crippen MR) is 104 cm³/mol. The van der Waals surface area contributed by atoms with Crippen molar-refractivity contribution in [2.45, 2.75) is 55.4 Å². The number of aryl methyl sites for hydroxylation is 2. The molecule has 0 bridgehead atoms. The fourth-order valence-corrected chi connectivity index (χ4v) is 3.13. The molecule has 0 unspecified atom stereocenters. The lowest BCUT2D eigenvalue weighted by atomic mass is 9.72. The molecule has 0 amide bonds. The van der Waals surface area contributed by atoms with Gasteiger partial charge in [-0.3, -0.25) is 4.79 Å². The summed E-state index contributed by atoms with van der Waals surface area (Å²) in [5.74, 6) is 0.188. The second-order valence-electron chi connectivity index (χ2n) is 9.01. The number of benzene rings is 1. The number of hydrogen-bond acceptors (Lipinski definition) is 1. The third-order valence-corrected chi connectivity index (χ3v) is 4.30. The van der Waals surface area contributed by atoms with Gasteiger partial charge < -0.3 is 0 Å². The molecule has 1 aromatic rings. The lowest BCUT2D eigenvalue weighted by Gasteiger charge is -2.31. The van der Waals surface area contributed by atoms with Gasteiger partial charge in [0.2, 0.25) is 0 Å². The van der Waals surface area contributed by atoms with Crippen molar-refractivity contribution in [2.24, 2.45) is 10.8 Å². The molecule has 0 saturated carbocycles. The van der Waals surface area contributed by atoms with Gasteiger partial charge in [0.15, 0.2) is 5.78 Å². The van der Waals surface area contributed by atoms with Gasteiger partial charge in [-0.2, -0.15) is 0 Å². The molecule has 0 spiro atoms. The zero-order chi connectivity index (χ0) is 18.3. The monoisotopic (exact) mass is 322 g/mol. The minimum absolute atomic E-state index is 0.163. The van der Waals surface area contributed by atoms with Crippen LogP contribution >= 0.6 is 0 Å². The Balaban J connectivity index is 2.61. The number of carbonyl (C=O) groups is 1. The van der Waals surface area contributed by atoms with Gasteiger partial charge in [0, 0.05) is 11.1 Å². The first kappa shape index (κ1) is 18.4. The molecule has 0 heterocycles. The van der Waals surface area contributed by atoms with E-state index in [-0.39, 0.29) is 16.6 Å². The topological polar surface area (TPSA) is 17.1 Å². The van der Waals surface area contributed by atoms with E-state index in [1.165, 1.54) is 16.7 Å². The summed E-state index contributed by atoms with van der Waals surface area (Å²) in [6.07, 6.45) is 6.31. The highest BCUT2D eigenvalue weighted by molar-refractivity contribution is 6.12. The number of Topliss-reactive ketones (excluding diaryl/α,β-unsaturated/α-hetero) is 1. The molecule has 24 heavy (non-hydrogen) atoms. The second kappa shape index (κ2) is 6.20. The Labute approximate surface area is 147 Å². The molecule has 1 nitrogen and oxygen atoms in total. The second-order valence-corrected chi connectivity index (χ2v) is 9.01. The summed E-state index contributed by atoms with van der Waals surface area (Å²) in [6.45, 7) is 16.9. The van der Waals surface area contributed by atoms with Crippen LogP contribution in [-0.2, 0) is 4.79 Å². The largest absolute Gasteiger partial charge is 0.289 e. The fraction of sp³-hybridized carbons (Fsp3) is 0.435. The van der Waals surface area contributed by atoms with Crippen molar-refractivity contribution < 1.29 is 4.79 Å². The van der Waals surface area contributed by atoms with E-state index in [0.717, 1.165) is 16.7 Å². The van der Waals surface area contributed by atoms with E-state index >= 15 is 0 Å². The van der Waals surface area contributed by atoms with Crippen molar-refractivity contribution in [2.75, 3.05) is 0 Å². The molecule has 1 aromatic carbocycles. The Hall–Kier alpha value is -1.89. The number of allylic oxidation sites excluding steroid dienone is 5. The normalized spacial score (nSPS) is 16.0. The molecule has 1 heteroatoms. The Morgan fingerprint density at radius 3 is 1.54 bits per heavy atom. The average Bonchev–Trinajstić information content (AvgIpc) is 2.36. The smallest absolute Gasteiger partial charge is 0.186 e. The lowest BCUT2D eigenvalue weighted by Crippen LogP contribution is -2.27. The maximum absolute atomic E-state index is 13.0. The first-order chi connectivity index (χ1) is 10.9. The molecule has 0 fully saturated rings. The minimum Gasteiger partial charge on any atom is -0.289 e. The van der Waals surface area contributed by atoms with E-state index in [2.05, 4.69) is 91.8 Å². The summed E-state index contributed by atoms with van der Waals surface area (Å²) in [4.78, 5) is 13.0. The van der Waals surface area contributed by atoms with Crippen molar-refractivity contribution in [3.63, 3.8) is 0 Å². The highest BCUT2D eigenvalue weighted by atomic mass is 16.1. The lowest BCUT2D eigenvalue weighted by molar-refractivity contribution is -0.114. The Morgan fingerprint density at radius 1 is 0.750 bits per heavy atom. The molecule has 0 N–H and O–H groups in total. The maximum atomic E-state index is 13.0. The molecule has 1 aliphatic carbocycles. The van der Waals surface area contributed by atoms with Gasteiger partial charge in [0.05, 0.1) is 0 Å². The quantitative estimate of drug-likeness (QED) is 0.600. The summed E-state index contributed by atoms with van der Waals surface area (Å²) in [5, 5.41) is 0. The van der Waals surface area contributed by atoms with E-state index in [0.29, 0.717) is 0 Å². The molecule has 0 radical (unpaired) electrons. The SMILES string of the molecule is Cc1cc(C)cc(C=C2C=C(C(C)(C)C)C(=O)C(C(C)(C)C)=C2)c1. The van der Waals surface area contributed by atoms with Crippen LogP contribution in [0.15, 0.2) is 47.1 Å². The third-order valence-electron chi connectivity index (χ3n) is 4.30. The van der Waals surface area contributed by atoms with Crippen molar-refractivity contribution in [1.29, 1.82) is 0 Å². The predicted octanol–water partition coefficient (Wildman–Crippen LogP) is 6.21. The van der Waals surface area contributed by atoms with Crippen LogP contribution in [0.1, 0.15) is 58.2 Å². The maximum Gasteiger partial charge on any atom is 0.186 e. The number of hydrogen-bond donors (Lipinski definition) is 0. The van der Waals surface area contributed by atoms with Crippen LogP contribution < -0.4 is 0 Å². The fourth-order valence-electron chi connectivity index (χ4n) is 3.13. The van der Waals surface area contributed by atoms with Gasteiger partial charge in [-0.05, 0) is 54.0 Å². The zero-order valence-corrected chi connectivity index (χ0v) is 16.4. The molecule has 0 atom stereocenters. The molecular weight excluding hydrogens is 292 g/mol. The highest BCUT2D eigenvalue weighted by Crippen LogP contribution is 2.39. The number of carbonyl (C=O) groups excluding carboxylic acids is 1. The van der Waals surface area contributed by atoms with Gasteiger partial charge in [-0.15, -0.1) is 0 Å². The summed E-state index contributed by atoms with van der Waals surface area (Å²) >= 11 is 0. The standard InChI is InChI=1S/C23H30O/c1-15-9-16(2)11-17(10-15)12-18-13-19(22(3,4)5)21(24)20(14-18)23(6,7)8/h9-14H,1-8H3. The summed E-state index contributed by atoms with van der Waals surface area (Å²) in [5.41, 5.74) is 6.27. The van der Waals surface area contributed by atoms with Crippen molar-refractivity contribution >= 4 is 11.9 Å². The van der Waals surface area contributed by atoms with Crippen LogP contribution in [0.25, 0.3) is 6.08 Å². The molecule has 128 valence electrons. The Morgan fingerprint density at radius 2 is 1.17 bits per heavy atom. The van der Waals surface area contributed by atoms with E-state index in [4.69, 9.17) is 0 Å². The van der Waals surface area contributed by atoms with Crippen LogP contribution in [0, 0.1) is 24.7 Å². The highest BCUT2D eigenvalue weighted by Gasteiger charge is 2.33. The zero-order valence-electron chi connectivity index (χ0n) is 16.4. The average molecular weight is 322 g/mol. The first-order valence-electron chi connectivity index (χ1n) is 8.67. The van der Waals surface area contributed by atoms with Crippen molar-refractivity contribution in [3.8, 4) is 0 Å². The number of rotatable bonds is 1. The number of ketones is 1. The van der Waals surface area contributed by atoms with Gasteiger partial charge in [0.1, 0.15) is 0 Å². The van der Waals surface area contributed by atoms with E-state index in [9.17, 15) is 4.79 Å². The van der Waals surface area contributed by atoms with E-state index < -0.39 is 0 Å². The Kier molecular flexibility index (Phi) is 4.77. The summed E-state index contributed by atoms with van der Waals surface area (Å²) < 4.78 is 0. The molecule has 0 saturated heterocycles. The van der Waals surface area contributed by atoms with Gasteiger partial charge >= 0.3 is 0 Å². The third kappa shape index (κ3) is 4.14. The molecule has 2 rings (SSSR count). The summed E-state index contributed by atoms with van der Waals surface area (Å²) in [6, 6.07) is 6.55.